The molecule has 1 amide bonds. The van der Waals surface area contributed by atoms with E-state index in [4.69, 9.17) is 0 Å². The van der Waals surface area contributed by atoms with E-state index in [0.717, 1.165) is 36.6 Å². The summed E-state index contributed by atoms with van der Waals surface area (Å²) in [5.74, 6) is 4.00. The molecule has 0 aromatic rings. The first-order valence-corrected chi connectivity index (χ1v) is 7.73. The SMILES string of the molecule is CNCCCC(=O)NC1CC2CC1C1CCCC21. The van der Waals surface area contributed by atoms with Crippen LogP contribution in [0.5, 0.6) is 0 Å². The molecule has 5 unspecified atom stereocenters. The van der Waals surface area contributed by atoms with Crippen molar-refractivity contribution in [2.45, 2.75) is 51.0 Å². The first-order chi connectivity index (χ1) is 8.79. The molecule has 0 aromatic carbocycles. The second-order valence-corrected chi connectivity index (χ2v) is 6.54. The third-order valence-corrected chi connectivity index (χ3v) is 5.61. The first kappa shape index (κ1) is 12.5. The average Bonchev–Trinajstić information content (AvgIpc) is 3.00. The predicted octanol–water partition coefficient (Wildman–Crippen LogP) is 1.93. The van der Waals surface area contributed by atoms with E-state index in [9.17, 15) is 4.79 Å². The van der Waals surface area contributed by atoms with Gasteiger partial charge in [0.2, 0.25) is 5.91 Å². The summed E-state index contributed by atoms with van der Waals surface area (Å²) in [7, 11) is 1.94. The van der Waals surface area contributed by atoms with Crippen molar-refractivity contribution in [1.82, 2.24) is 10.6 Å². The van der Waals surface area contributed by atoms with Gasteiger partial charge in [0.15, 0.2) is 0 Å². The normalized spacial score (nSPS) is 41.1. The van der Waals surface area contributed by atoms with Crippen LogP contribution in [0.3, 0.4) is 0 Å². The van der Waals surface area contributed by atoms with Gasteiger partial charge in [-0.1, -0.05) is 6.42 Å². The monoisotopic (exact) mass is 250 g/mol. The molecule has 3 aliphatic rings. The van der Waals surface area contributed by atoms with E-state index >= 15 is 0 Å². The summed E-state index contributed by atoms with van der Waals surface area (Å²) >= 11 is 0. The molecule has 5 atom stereocenters. The number of hydrogen-bond acceptors (Lipinski definition) is 2. The Balaban J connectivity index is 1.49. The molecule has 3 saturated carbocycles. The van der Waals surface area contributed by atoms with E-state index < -0.39 is 0 Å². The Morgan fingerprint density at radius 2 is 2.00 bits per heavy atom. The van der Waals surface area contributed by atoms with Crippen LogP contribution in [-0.2, 0) is 4.79 Å². The van der Waals surface area contributed by atoms with Crippen LogP contribution in [-0.4, -0.2) is 25.5 Å². The van der Waals surface area contributed by atoms with E-state index in [1.807, 2.05) is 7.05 Å². The standard InChI is InChI=1S/C15H26N2O/c1-16-7-3-6-15(18)17-14-9-10-8-13(14)12-5-2-4-11(10)12/h10-14,16H,2-9H2,1H3,(H,17,18). The van der Waals surface area contributed by atoms with Crippen molar-refractivity contribution in [3.63, 3.8) is 0 Å². The number of fused-ring (bicyclic) bond motifs is 5. The lowest BCUT2D eigenvalue weighted by atomic mass is 9.79. The highest BCUT2D eigenvalue weighted by Crippen LogP contribution is 2.58. The number of amides is 1. The van der Waals surface area contributed by atoms with Gasteiger partial charge in [0.05, 0.1) is 0 Å². The van der Waals surface area contributed by atoms with E-state index in [2.05, 4.69) is 10.6 Å². The first-order valence-electron chi connectivity index (χ1n) is 7.73. The smallest absolute Gasteiger partial charge is 0.220 e. The molecule has 102 valence electrons. The van der Waals surface area contributed by atoms with Crippen molar-refractivity contribution in [3.05, 3.63) is 0 Å². The average molecular weight is 250 g/mol. The van der Waals surface area contributed by atoms with Crippen molar-refractivity contribution < 1.29 is 4.79 Å². The second-order valence-electron chi connectivity index (χ2n) is 6.54. The minimum absolute atomic E-state index is 0.275. The maximum Gasteiger partial charge on any atom is 0.220 e. The number of rotatable bonds is 5. The summed E-state index contributed by atoms with van der Waals surface area (Å²) in [6, 6.07) is 0.511. The number of nitrogens with one attached hydrogen (secondary N) is 2. The molecular formula is C15H26N2O. The van der Waals surface area contributed by atoms with Gasteiger partial charge in [-0.2, -0.15) is 0 Å². The van der Waals surface area contributed by atoms with Crippen LogP contribution in [0.2, 0.25) is 0 Å². The third kappa shape index (κ3) is 2.18. The van der Waals surface area contributed by atoms with Crippen LogP contribution >= 0.6 is 0 Å². The Bertz CT molecular complexity index is 318. The van der Waals surface area contributed by atoms with E-state index in [1.54, 1.807) is 0 Å². The van der Waals surface area contributed by atoms with Crippen molar-refractivity contribution >= 4 is 5.91 Å². The van der Waals surface area contributed by atoms with Crippen molar-refractivity contribution in [2.75, 3.05) is 13.6 Å². The quantitative estimate of drug-likeness (QED) is 0.732. The molecule has 2 bridgehead atoms. The summed E-state index contributed by atoms with van der Waals surface area (Å²) < 4.78 is 0. The molecule has 0 aromatic heterocycles. The molecule has 0 radical (unpaired) electrons. The van der Waals surface area contributed by atoms with E-state index in [0.29, 0.717) is 12.5 Å². The highest BCUT2D eigenvalue weighted by Gasteiger charge is 2.53. The van der Waals surface area contributed by atoms with Gasteiger partial charge in [0.25, 0.3) is 0 Å². The summed E-state index contributed by atoms with van der Waals surface area (Å²) in [6.45, 7) is 0.939. The van der Waals surface area contributed by atoms with Crippen molar-refractivity contribution in [3.8, 4) is 0 Å². The van der Waals surface area contributed by atoms with Gasteiger partial charge in [0.1, 0.15) is 0 Å². The van der Waals surface area contributed by atoms with Gasteiger partial charge in [0, 0.05) is 12.5 Å². The van der Waals surface area contributed by atoms with Crippen LogP contribution in [0.25, 0.3) is 0 Å². The molecule has 2 N–H and O–H groups in total. The van der Waals surface area contributed by atoms with Crippen LogP contribution in [0.1, 0.15) is 44.9 Å². The third-order valence-electron chi connectivity index (χ3n) is 5.61. The molecule has 18 heavy (non-hydrogen) atoms. The summed E-state index contributed by atoms with van der Waals surface area (Å²) in [5, 5.41) is 6.41. The fourth-order valence-electron chi connectivity index (χ4n) is 4.94. The summed E-state index contributed by atoms with van der Waals surface area (Å²) in [4.78, 5) is 11.9. The van der Waals surface area contributed by atoms with Gasteiger partial charge in [-0.15, -0.1) is 0 Å². The van der Waals surface area contributed by atoms with Crippen LogP contribution in [0.15, 0.2) is 0 Å². The maximum atomic E-state index is 11.9. The molecule has 0 heterocycles. The van der Waals surface area contributed by atoms with Gasteiger partial charge in [-0.25, -0.2) is 0 Å². The summed E-state index contributed by atoms with van der Waals surface area (Å²) in [5.41, 5.74) is 0. The Kier molecular flexibility index (Phi) is 3.60. The van der Waals surface area contributed by atoms with E-state index in [-0.39, 0.29) is 5.91 Å². The minimum atomic E-state index is 0.275. The predicted molar refractivity (Wildman–Crippen MR) is 72.1 cm³/mol. The molecular weight excluding hydrogens is 224 g/mol. The molecule has 3 heteroatoms. The zero-order chi connectivity index (χ0) is 12.5. The van der Waals surface area contributed by atoms with Crippen LogP contribution in [0.4, 0.5) is 0 Å². The Hall–Kier alpha value is -0.570. The molecule has 0 aliphatic heterocycles. The second kappa shape index (κ2) is 5.20. The largest absolute Gasteiger partial charge is 0.353 e. The zero-order valence-corrected chi connectivity index (χ0v) is 11.5. The number of hydrogen-bond donors (Lipinski definition) is 2. The fourth-order valence-corrected chi connectivity index (χ4v) is 4.94. The maximum absolute atomic E-state index is 11.9. The molecule has 3 rings (SSSR count). The zero-order valence-electron chi connectivity index (χ0n) is 11.5. The van der Waals surface area contributed by atoms with E-state index in [1.165, 1.54) is 32.1 Å². The fraction of sp³-hybridized carbons (Fsp3) is 0.933. The number of carbonyl (C=O) groups is 1. The molecule has 0 spiro atoms. The van der Waals surface area contributed by atoms with Crippen LogP contribution < -0.4 is 10.6 Å². The van der Waals surface area contributed by atoms with Gasteiger partial charge in [-0.3, -0.25) is 4.79 Å². The lowest BCUT2D eigenvalue weighted by molar-refractivity contribution is -0.122. The molecule has 0 saturated heterocycles. The van der Waals surface area contributed by atoms with Crippen molar-refractivity contribution in [2.24, 2.45) is 23.7 Å². The molecule has 3 nitrogen and oxygen atoms in total. The number of carbonyl (C=O) groups excluding carboxylic acids is 1. The van der Waals surface area contributed by atoms with Gasteiger partial charge in [-0.05, 0) is 69.4 Å². The highest BCUT2D eigenvalue weighted by molar-refractivity contribution is 5.76. The summed E-state index contributed by atoms with van der Waals surface area (Å²) in [6.07, 6.45) is 8.64. The Morgan fingerprint density at radius 3 is 2.83 bits per heavy atom. The van der Waals surface area contributed by atoms with Crippen LogP contribution in [0, 0.1) is 23.7 Å². The van der Waals surface area contributed by atoms with Gasteiger partial charge >= 0.3 is 0 Å². The molecule has 3 fully saturated rings. The Labute approximate surface area is 110 Å². The minimum Gasteiger partial charge on any atom is -0.353 e. The Morgan fingerprint density at radius 1 is 1.17 bits per heavy atom. The topological polar surface area (TPSA) is 41.1 Å². The molecule has 3 aliphatic carbocycles. The lowest BCUT2D eigenvalue weighted by Gasteiger charge is -2.32. The lowest BCUT2D eigenvalue weighted by Crippen LogP contribution is -2.42. The van der Waals surface area contributed by atoms with Crippen molar-refractivity contribution in [1.29, 1.82) is 0 Å². The van der Waals surface area contributed by atoms with Gasteiger partial charge < -0.3 is 10.6 Å². The highest BCUT2D eigenvalue weighted by atomic mass is 16.1.